The van der Waals surface area contributed by atoms with Crippen molar-refractivity contribution in [3.8, 4) is 5.75 Å². The number of morpholine rings is 1. The van der Waals surface area contributed by atoms with Gasteiger partial charge < -0.3 is 18.8 Å². The van der Waals surface area contributed by atoms with Crippen LogP contribution in [0, 0.1) is 13.8 Å². The van der Waals surface area contributed by atoms with Gasteiger partial charge >= 0.3 is 0 Å². The van der Waals surface area contributed by atoms with Gasteiger partial charge in [-0.2, -0.15) is 17.0 Å². The van der Waals surface area contributed by atoms with Gasteiger partial charge in [-0.1, -0.05) is 17.7 Å². The van der Waals surface area contributed by atoms with Crippen molar-refractivity contribution < 1.29 is 27.1 Å². The summed E-state index contributed by atoms with van der Waals surface area (Å²) in [7, 11) is -3.59. The van der Waals surface area contributed by atoms with Gasteiger partial charge in [-0.15, -0.1) is 0 Å². The Labute approximate surface area is 201 Å². The first-order valence-corrected chi connectivity index (χ1v) is 13.0. The molecule has 2 atom stereocenters. The number of aryl methyl sites for hydroxylation is 2. The van der Waals surface area contributed by atoms with Crippen LogP contribution in [-0.4, -0.2) is 79.3 Å². The van der Waals surface area contributed by atoms with Gasteiger partial charge in [0.25, 0.3) is 16.1 Å². The second kappa shape index (κ2) is 10.1. The molecule has 1 aromatic carbocycles. The molecule has 1 amide bonds. The summed E-state index contributed by atoms with van der Waals surface area (Å²) in [4.78, 5) is 14.5. The molecule has 2 aliphatic heterocycles. The number of hydrogen-bond acceptors (Lipinski definition) is 6. The summed E-state index contributed by atoms with van der Waals surface area (Å²) >= 11 is 0. The van der Waals surface area contributed by atoms with Crippen LogP contribution in [0.2, 0.25) is 0 Å². The minimum Gasteiger partial charge on any atom is -0.485 e. The number of amides is 1. The molecule has 2 aromatic rings. The van der Waals surface area contributed by atoms with E-state index in [4.69, 9.17) is 13.9 Å². The number of rotatable bonds is 6. The van der Waals surface area contributed by atoms with Gasteiger partial charge in [0.15, 0.2) is 5.76 Å². The number of benzene rings is 1. The van der Waals surface area contributed by atoms with Crippen molar-refractivity contribution in [2.45, 2.75) is 46.5 Å². The SMILES string of the molecule is Cc1ccc(OCc2ccc(C(=O)N3CCN(S(=O)(=O)N4CC(C)OC(C)C4)CC3)o2)c(C)c1. The first kappa shape index (κ1) is 24.7. The highest BCUT2D eigenvalue weighted by molar-refractivity contribution is 7.86. The molecule has 3 heterocycles. The molecule has 0 aliphatic carbocycles. The molecule has 2 fully saturated rings. The Balaban J connectivity index is 1.32. The summed E-state index contributed by atoms with van der Waals surface area (Å²) in [6.07, 6.45) is -0.290. The van der Waals surface area contributed by atoms with Crippen LogP contribution >= 0.6 is 0 Å². The van der Waals surface area contributed by atoms with Crippen molar-refractivity contribution in [2.75, 3.05) is 39.3 Å². The first-order valence-electron chi connectivity index (χ1n) is 11.6. The highest BCUT2D eigenvalue weighted by Crippen LogP contribution is 2.22. The summed E-state index contributed by atoms with van der Waals surface area (Å²) < 4.78 is 46.3. The van der Waals surface area contributed by atoms with Crippen LogP contribution in [0.15, 0.2) is 34.7 Å². The maximum Gasteiger partial charge on any atom is 0.289 e. The number of carbonyl (C=O) groups excluding carboxylic acids is 1. The molecule has 0 spiro atoms. The van der Waals surface area contributed by atoms with E-state index >= 15 is 0 Å². The minimum atomic E-state index is -3.59. The van der Waals surface area contributed by atoms with Crippen LogP contribution in [-0.2, 0) is 21.6 Å². The standard InChI is InChI=1S/C24H33N3O6S/c1-17-5-7-22(18(2)13-17)31-16-21-6-8-23(33-21)24(28)25-9-11-26(12-10-25)34(29,30)27-14-19(3)32-20(4)15-27/h5-8,13,19-20H,9-12,14-16H2,1-4H3. The Bertz CT molecular complexity index is 1110. The van der Waals surface area contributed by atoms with Gasteiger partial charge in [-0.3, -0.25) is 4.79 Å². The van der Waals surface area contributed by atoms with Crippen LogP contribution in [0.25, 0.3) is 0 Å². The second-order valence-electron chi connectivity index (χ2n) is 9.10. The molecule has 0 radical (unpaired) electrons. The summed E-state index contributed by atoms with van der Waals surface area (Å²) in [5.41, 5.74) is 2.20. The molecule has 4 rings (SSSR count). The van der Waals surface area contributed by atoms with Crippen molar-refractivity contribution >= 4 is 16.1 Å². The Kier molecular flexibility index (Phi) is 7.32. The fourth-order valence-electron chi connectivity index (χ4n) is 4.44. The van der Waals surface area contributed by atoms with E-state index in [1.165, 1.54) is 8.61 Å². The summed E-state index contributed by atoms with van der Waals surface area (Å²) in [6.45, 7) is 9.77. The van der Waals surface area contributed by atoms with Gasteiger partial charge in [-0.25, -0.2) is 0 Å². The van der Waals surface area contributed by atoms with Crippen LogP contribution in [0.4, 0.5) is 0 Å². The fourth-order valence-corrected chi connectivity index (χ4v) is 6.19. The summed E-state index contributed by atoms with van der Waals surface area (Å²) in [5, 5.41) is 0. The highest BCUT2D eigenvalue weighted by Gasteiger charge is 2.37. The van der Waals surface area contributed by atoms with Gasteiger partial charge in [0, 0.05) is 39.3 Å². The lowest BCUT2D eigenvalue weighted by molar-refractivity contribution is -0.0457. The maximum atomic E-state index is 13.1. The van der Waals surface area contributed by atoms with Gasteiger partial charge in [-0.05, 0) is 51.5 Å². The van der Waals surface area contributed by atoms with Crippen molar-refractivity contribution in [3.05, 3.63) is 53.0 Å². The van der Waals surface area contributed by atoms with E-state index in [0.717, 1.165) is 16.9 Å². The Hall–Kier alpha value is -2.40. The van der Waals surface area contributed by atoms with Crippen LogP contribution in [0.1, 0.15) is 41.3 Å². The number of carbonyl (C=O) groups is 1. The van der Waals surface area contributed by atoms with Gasteiger partial charge in [0.2, 0.25) is 0 Å². The highest BCUT2D eigenvalue weighted by atomic mass is 32.2. The Morgan fingerprint density at radius 2 is 1.68 bits per heavy atom. The maximum absolute atomic E-state index is 13.1. The second-order valence-corrected chi connectivity index (χ2v) is 11.0. The van der Waals surface area contributed by atoms with E-state index in [2.05, 4.69) is 0 Å². The van der Waals surface area contributed by atoms with E-state index in [-0.39, 0.29) is 43.6 Å². The predicted molar refractivity (Wildman–Crippen MR) is 127 cm³/mol. The Morgan fingerprint density at radius 1 is 1.00 bits per heavy atom. The summed E-state index contributed by atoms with van der Waals surface area (Å²) in [5.74, 6) is 1.31. The Morgan fingerprint density at radius 3 is 2.32 bits per heavy atom. The molecule has 186 valence electrons. The van der Waals surface area contributed by atoms with Crippen LogP contribution in [0.5, 0.6) is 5.75 Å². The zero-order chi connectivity index (χ0) is 24.5. The monoisotopic (exact) mass is 491 g/mol. The lowest BCUT2D eigenvalue weighted by Crippen LogP contribution is -2.57. The third-order valence-electron chi connectivity index (χ3n) is 6.14. The average Bonchev–Trinajstić information content (AvgIpc) is 3.26. The number of nitrogens with zero attached hydrogens (tertiary/aromatic N) is 3. The molecule has 2 saturated heterocycles. The van der Waals surface area contributed by atoms with Crippen LogP contribution < -0.4 is 4.74 Å². The minimum absolute atomic E-state index is 0.145. The molecular formula is C24H33N3O6S. The largest absolute Gasteiger partial charge is 0.485 e. The first-order chi connectivity index (χ1) is 16.1. The van der Waals surface area contributed by atoms with E-state index in [1.54, 1.807) is 17.0 Å². The normalized spacial score (nSPS) is 22.6. The van der Waals surface area contributed by atoms with Gasteiger partial charge in [0.1, 0.15) is 18.1 Å². The lowest BCUT2D eigenvalue weighted by Gasteiger charge is -2.40. The molecule has 2 aliphatic rings. The molecule has 10 heteroatoms. The zero-order valence-electron chi connectivity index (χ0n) is 20.2. The zero-order valence-corrected chi connectivity index (χ0v) is 21.0. The molecule has 0 saturated carbocycles. The summed E-state index contributed by atoms with van der Waals surface area (Å²) in [6, 6.07) is 9.33. The molecule has 0 N–H and O–H groups in total. The predicted octanol–water partition coefficient (Wildman–Crippen LogP) is 2.59. The number of furan rings is 1. The van der Waals surface area contributed by atoms with Crippen LogP contribution in [0.3, 0.4) is 0 Å². The molecular weight excluding hydrogens is 458 g/mol. The molecule has 1 aromatic heterocycles. The lowest BCUT2D eigenvalue weighted by atomic mass is 10.1. The average molecular weight is 492 g/mol. The number of ether oxygens (including phenoxy) is 2. The molecule has 2 unspecified atom stereocenters. The third-order valence-corrected chi connectivity index (χ3v) is 8.11. The van der Waals surface area contributed by atoms with Gasteiger partial charge in [0.05, 0.1) is 12.2 Å². The quantitative estimate of drug-likeness (QED) is 0.617. The fraction of sp³-hybridized carbons (Fsp3) is 0.542. The van der Waals surface area contributed by atoms with Crippen molar-refractivity contribution in [3.63, 3.8) is 0 Å². The third kappa shape index (κ3) is 5.46. The van der Waals surface area contributed by atoms with Crippen molar-refractivity contribution in [1.82, 2.24) is 13.5 Å². The van der Waals surface area contributed by atoms with Crippen molar-refractivity contribution in [2.24, 2.45) is 0 Å². The van der Waals surface area contributed by atoms with Crippen molar-refractivity contribution in [1.29, 1.82) is 0 Å². The van der Waals surface area contributed by atoms with E-state index in [9.17, 15) is 13.2 Å². The molecule has 34 heavy (non-hydrogen) atoms. The van der Waals surface area contributed by atoms with E-state index in [1.807, 2.05) is 45.9 Å². The topological polar surface area (TPSA) is 92.5 Å². The smallest absolute Gasteiger partial charge is 0.289 e. The number of piperazine rings is 1. The molecule has 9 nitrogen and oxygen atoms in total. The molecule has 0 bridgehead atoms. The number of hydrogen-bond donors (Lipinski definition) is 0. The van der Waals surface area contributed by atoms with E-state index in [0.29, 0.717) is 31.9 Å². The van der Waals surface area contributed by atoms with E-state index < -0.39 is 10.2 Å².